The number of nitrogens with one attached hydrogen (secondary N) is 10. The fourth-order valence-corrected chi connectivity index (χ4v) is 23.1. The highest BCUT2D eigenvalue weighted by molar-refractivity contribution is 8.22. The van der Waals surface area contributed by atoms with Crippen molar-refractivity contribution in [3.05, 3.63) is 241 Å². The Labute approximate surface area is 753 Å². The van der Waals surface area contributed by atoms with Gasteiger partial charge in [-0.05, 0) is 149 Å². The van der Waals surface area contributed by atoms with E-state index in [-0.39, 0.29) is 0 Å². The predicted molar refractivity (Wildman–Crippen MR) is 494 cm³/mol. The second-order valence-corrected chi connectivity index (χ2v) is 42.3. The van der Waals surface area contributed by atoms with Crippen molar-refractivity contribution in [1.29, 1.82) is 0 Å². The molecule has 10 rings (SSSR count). The molecule has 0 fully saturated rings. The maximum atomic E-state index is 16.3. The molecule has 34 heteroatoms. The lowest BCUT2D eigenvalue weighted by Gasteiger charge is -2.36. The number of hydrogen-bond donors (Lipinski definition) is 11. The number of fused-ring (bicyclic) bond motifs is 6. The first-order valence-electron chi connectivity index (χ1n) is 41.7. The molecule has 0 spiro atoms. The van der Waals surface area contributed by atoms with E-state index in [1.54, 1.807) is 121 Å². The van der Waals surface area contributed by atoms with E-state index in [0.29, 0.717) is 31.0 Å². The highest BCUT2D eigenvalue weighted by Gasteiger charge is 2.48. The molecule has 10 atom stereocenters. The SMILES string of the molecule is CC(=O)N[C@@H](C)C(=O)N[C@@H](C)C(=O)NC(C)(C)C(=O)N[C@@H](C)C(=O)N(C(=O)OCC1c2ccccc2-c2ccccc21)[C@H](CP(=S)(c1ccccc1)c1ccccc1)C(=O)N[C@@H](C)C(=O)N[C@@H](C)C(=O)N(C(=O)OCC1c2ccccc2-c2ccccc21)[C@@H](CP(=S)(c1ccccc1)c1ccccc1)C(=O)N[C@@H](C)C(=O)N[C@@H](C)C(=O)NC(C)(C)C(=O)N[C@@H](C)C(N)=O. The molecule has 672 valence electrons. The maximum absolute atomic E-state index is 16.3. The minimum atomic E-state index is -3.52. The lowest BCUT2D eigenvalue weighted by molar-refractivity contribution is -0.143. The number of rotatable bonds is 36. The molecule has 0 radical (unpaired) electrons. The minimum absolute atomic E-state index is 0.415. The highest BCUT2D eigenvalue weighted by Crippen LogP contribution is 2.49. The molecular formula is C94H107N13O17P2S2. The van der Waals surface area contributed by atoms with Gasteiger partial charge in [0.25, 0.3) is 11.8 Å². The average Bonchev–Trinajstić information content (AvgIpc) is 0.874. The van der Waals surface area contributed by atoms with Crippen LogP contribution in [0.2, 0.25) is 0 Å². The van der Waals surface area contributed by atoms with Crippen LogP contribution in [0.25, 0.3) is 22.3 Å². The van der Waals surface area contributed by atoms with Gasteiger partial charge in [-0.15, -0.1) is 0 Å². The number of carbonyl (C=O) groups is 15. The van der Waals surface area contributed by atoms with Crippen molar-refractivity contribution in [3.8, 4) is 22.3 Å². The number of nitrogens with zero attached hydrogens (tertiary/aromatic N) is 2. The number of imide groups is 2. The van der Waals surface area contributed by atoms with Gasteiger partial charge in [-0.2, -0.15) is 0 Å². The lowest BCUT2D eigenvalue weighted by Crippen LogP contribution is -2.64. The van der Waals surface area contributed by atoms with E-state index >= 15 is 33.6 Å². The highest BCUT2D eigenvalue weighted by atomic mass is 32.4. The summed E-state index contributed by atoms with van der Waals surface area (Å²) in [7, 11) is 0. The summed E-state index contributed by atoms with van der Waals surface area (Å²) in [5.74, 6) is -13.7. The molecule has 0 heterocycles. The Morgan fingerprint density at radius 3 is 0.867 bits per heavy atom. The van der Waals surface area contributed by atoms with Gasteiger partial charge in [-0.25, -0.2) is 19.4 Å². The fourth-order valence-electron chi connectivity index (χ4n) is 15.1. The fraction of sp³-hybridized carbons (Fsp3) is 0.330. The van der Waals surface area contributed by atoms with E-state index < -0.39 is 210 Å². The Hall–Kier alpha value is -12.9. The van der Waals surface area contributed by atoms with E-state index in [9.17, 15) is 38.4 Å². The number of hydrogen-bond acceptors (Lipinski definition) is 19. The number of ether oxygens (including phenoxy) is 2. The Morgan fingerprint density at radius 1 is 0.336 bits per heavy atom. The smallest absolute Gasteiger partial charge is 0.417 e. The molecule has 0 aliphatic heterocycles. The third-order valence-corrected chi connectivity index (χ3v) is 32.0. The Morgan fingerprint density at radius 2 is 0.578 bits per heavy atom. The van der Waals surface area contributed by atoms with Crippen LogP contribution < -0.4 is 80.1 Å². The van der Waals surface area contributed by atoms with Gasteiger partial charge in [-0.3, -0.25) is 62.3 Å². The summed E-state index contributed by atoms with van der Waals surface area (Å²) < 4.78 is 12.6. The van der Waals surface area contributed by atoms with Crippen LogP contribution in [0.4, 0.5) is 9.59 Å². The van der Waals surface area contributed by atoms with Crippen LogP contribution in [0.1, 0.15) is 124 Å². The van der Waals surface area contributed by atoms with Gasteiger partial charge in [0.15, 0.2) is 0 Å². The maximum Gasteiger partial charge on any atom is 0.417 e. The number of amides is 15. The molecule has 0 bridgehead atoms. The number of primary amides is 1. The van der Waals surface area contributed by atoms with E-state index in [1.165, 1.54) is 90.0 Å². The standard InChI is InChI=1S/C94H107N13O17P2S2/c1-54(79(95)109)102-89(119)93(10,11)104-84(114)59(6)98-81(111)56(3)99-85(115)77(52-125(127,63-34-18-14-19-35-63)64-36-20-15-21-37-64)106(91(121)123-50-75-71-46-30-26-42-67(71)68-43-27-31-47-72(68)75)87(117)60(7)101-82(112)57(4)100-86(116)78(53-126(128,65-38-22-16-23-39-65)66-40-24-17-25-41-66)107(92(122)124-51-76-73-48-32-28-44-69(73)70-45-29-33-49-74(70)76)88(118)61(8)103-90(120)94(12,13)105-83(113)58(5)97-80(110)55(2)96-62(9)108/h14-49,54-61,75-78H,50-53H2,1-13H3,(H2,95,109)(H,96,108)(H,97,110)(H,98,111)(H,99,115)(H,100,116)(H,101,112)(H,102,119)(H,103,120)(H,104,114)(H,105,113)/t54-,55-,56-,57-,58-,59-,60-,61-,77-,78+/m0/s1. The summed E-state index contributed by atoms with van der Waals surface area (Å²) in [6.07, 6.45) is -3.87. The molecule has 8 aromatic rings. The van der Waals surface area contributed by atoms with Crippen LogP contribution in [0.5, 0.6) is 0 Å². The third kappa shape index (κ3) is 22.9. The first kappa shape index (κ1) is 97.3. The van der Waals surface area contributed by atoms with Crippen molar-refractivity contribution in [1.82, 2.24) is 63.0 Å². The van der Waals surface area contributed by atoms with Gasteiger partial charge >= 0.3 is 12.2 Å². The quantitative estimate of drug-likeness (QED) is 0.0204. The summed E-state index contributed by atoms with van der Waals surface area (Å²) in [6.45, 7) is 16.1. The predicted octanol–water partition coefficient (Wildman–Crippen LogP) is 5.87. The first-order chi connectivity index (χ1) is 60.6. The van der Waals surface area contributed by atoms with Gasteiger partial charge in [-0.1, -0.05) is 242 Å². The molecule has 0 aromatic heterocycles. The van der Waals surface area contributed by atoms with Crippen molar-refractivity contribution >= 4 is 146 Å². The van der Waals surface area contributed by atoms with Crippen LogP contribution in [0.3, 0.4) is 0 Å². The topological polar surface area (TPSA) is 427 Å². The van der Waals surface area contributed by atoms with Crippen molar-refractivity contribution < 1.29 is 81.4 Å². The molecule has 0 saturated carbocycles. The first-order valence-corrected chi connectivity index (χ1v) is 47.7. The molecular weight excluding hydrogens is 1710 g/mol. The Bertz CT molecular complexity index is 5480. The Kier molecular flexibility index (Phi) is 32.0. The second-order valence-electron chi connectivity index (χ2n) is 32.8. The lowest BCUT2D eigenvalue weighted by atomic mass is 9.98. The molecule has 12 N–H and O–H groups in total. The van der Waals surface area contributed by atoms with E-state index in [0.717, 1.165) is 44.5 Å². The van der Waals surface area contributed by atoms with Crippen LogP contribution in [0, 0.1) is 0 Å². The van der Waals surface area contributed by atoms with Gasteiger partial charge in [0.05, 0.1) is 0 Å². The van der Waals surface area contributed by atoms with Crippen molar-refractivity contribution in [2.75, 3.05) is 25.5 Å². The van der Waals surface area contributed by atoms with Gasteiger partial charge < -0.3 is 68.4 Å². The van der Waals surface area contributed by atoms with E-state index in [1.807, 2.05) is 97.1 Å². The van der Waals surface area contributed by atoms with Crippen LogP contribution in [0.15, 0.2) is 218 Å². The summed E-state index contributed by atoms with van der Waals surface area (Å²) in [6, 6.07) is 41.5. The molecule has 30 nitrogen and oxygen atoms in total. The monoisotopic (exact) mass is 1820 g/mol. The number of nitrogens with two attached hydrogens (primary N) is 1. The molecule has 8 aromatic carbocycles. The second kappa shape index (κ2) is 42.1. The van der Waals surface area contributed by atoms with Gasteiger partial charge in [0.1, 0.15) is 84.7 Å². The summed E-state index contributed by atoms with van der Waals surface area (Å²) in [5.41, 5.74) is 8.30. The van der Waals surface area contributed by atoms with Crippen molar-refractivity contribution in [2.45, 2.75) is 173 Å². The zero-order chi connectivity index (χ0) is 93.4. The summed E-state index contributed by atoms with van der Waals surface area (Å²) >= 11 is 13.6. The molecule has 2 aliphatic carbocycles. The van der Waals surface area contributed by atoms with E-state index in [4.69, 9.17) is 38.8 Å². The van der Waals surface area contributed by atoms with Gasteiger partial charge in [0, 0.05) is 43.2 Å². The number of carbonyl (C=O) groups excluding carboxylic acids is 15. The zero-order valence-corrected chi connectivity index (χ0v) is 76.6. The van der Waals surface area contributed by atoms with Crippen molar-refractivity contribution in [2.24, 2.45) is 5.73 Å². The zero-order valence-electron chi connectivity index (χ0n) is 73.2. The average molecular weight is 1820 g/mol. The van der Waals surface area contributed by atoms with E-state index in [2.05, 4.69) is 53.2 Å². The molecule has 128 heavy (non-hydrogen) atoms. The Balaban J connectivity index is 1.02. The molecule has 0 saturated heterocycles. The normalized spacial score (nSPS) is 14.6. The summed E-state index contributed by atoms with van der Waals surface area (Å²) in [4.78, 5) is 219. The van der Waals surface area contributed by atoms with Crippen LogP contribution in [-0.2, 0) is 95.4 Å². The molecule has 2 aliphatic rings. The largest absolute Gasteiger partial charge is 0.448 e. The van der Waals surface area contributed by atoms with Gasteiger partial charge in [0.2, 0.25) is 65.0 Å². The van der Waals surface area contributed by atoms with Crippen LogP contribution >= 0.6 is 12.1 Å². The minimum Gasteiger partial charge on any atom is -0.448 e. The molecule has 0 unspecified atom stereocenters. The van der Waals surface area contributed by atoms with Crippen LogP contribution in [-0.4, -0.2) is 196 Å². The molecule has 15 amide bonds. The summed E-state index contributed by atoms with van der Waals surface area (Å²) in [5, 5.41) is 27.6. The number of benzene rings is 8. The third-order valence-electron chi connectivity index (χ3n) is 22.4. The van der Waals surface area contributed by atoms with Crippen molar-refractivity contribution in [3.63, 3.8) is 0 Å².